The van der Waals surface area contributed by atoms with Gasteiger partial charge in [-0.25, -0.2) is 14.8 Å². The van der Waals surface area contributed by atoms with Gasteiger partial charge in [0.2, 0.25) is 5.13 Å². The van der Waals surface area contributed by atoms with Gasteiger partial charge >= 0.3 is 6.03 Å². The predicted octanol–water partition coefficient (Wildman–Crippen LogP) is 3.75. The third kappa shape index (κ3) is 5.13. The minimum atomic E-state index is -0.395. The Bertz CT molecular complexity index is 1350. The second-order valence-corrected chi connectivity index (χ2v) is 9.96. The summed E-state index contributed by atoms with van der Waals surface area (Å²) in [7, 11) is 3.47. The van der Waals surface area contributed by atoms with Crippen LogP contribution in [0.5, 0.6) is 0 Å². The first-order chi connectivity index (χ1) is 15.7. The fraction of sp³-hybridized carbons (Fsp3) is 0.300. The summed E-state index contributed by atoms with van der Waals surface area (Å²) < 4.78 is 6.60. The van der Waals surface area contributed by atoms with E-state index in [-0.39, 0.29) is 12.5 Å². The number of anilines is 1. The smallest absolute Gasteiger partial charge is 0.321 e. The van der Waals surface area contributed by atoms with Crippen LogP contribution in [0, 0.1) is 13.8 Å². The minimum absolute atomic E-state index is 0.187. The highest BCUT2D eigenvalue weighted by Gasteiger charge is 2.21. The molecule has 0 aliphatic heterocycles. The maximum Gasteiger partial charge on any atom is 0.321 e. The van der Waals surface area contributed by atoms with Crippen LogP contribution in [-0.4, -0.2) is 48.0 Å². The average Bonchev–Trinajstić information content (AvgIpc) is 3.45. The minimum Gasteiger partial charge on any atom is -0.334 e. The van der Waals surface area contributed by atoms with Crippen molar-refractivity contribution in [3.63, 3.8) is 0 Å². The first-order valence-electron chi connectivity index (χ1n) is 9.89. The highest BCUT2D eigenvalue weighted by atomic mass is 35.5. The molecule has 0 aliphatic rings. The Hall–Kier alpha value is -3.09. The molecule has 0 bridgehead atoms. The van der Waals surface area contributed by atoms with Crippen LogP contribution >= 0.6 is 34.5 Å². The second kappa shape index (κ2) is 9.41. The van der Waals surface area contributed by atoms with Gasteiger partial charge in [-0.1, -0.05) is 11.6 Å². The molecule has 4 aromatic rings. The lowest BCUT2D eigenvalue weighted by Gasteiger charge is -2.16. The quantitative estimate of drug-likeness (QED) is 0.413. The average molecular weight is 505 g/mol. The Morgan fingerprint density at radius 1 is 1.24 bits per heavy atom. The normalized spacial score (nSPS) is 11.1. The summed E-state index contributed by atoms with van der Waals surface area (Å²) in [4.78, 5) is 36.6. The molecule has 4 aromatic heterocycles. The molecule has 4 rings (SSSR count). The largest absolute Gasteiger partial charge is 0.334 e. The van der Waals surface area contributed by atoms with Gasteiger partial charge in [-0.3, -0.25) is 14.8 Å². The summed E-state index contributed by atoms with van der Waals surface area (Å²) >= 11 is 8.35. The van der Waals surface area contributed by atoms with Crippen molar-refractivity contribution in [1.82, 2.24) is 34.3 Å². The number of amides is 3. The van der Waals surface area contributed by atoms with Crippen molar-refractivity contribution in [2.24, 2.45) is 7.05 Å². The van der Waals surface area contributed by atoms with Crippen LogP contribution in [0.25, 0.3) is 11.0 Å². The summed E-state index contributed by atoms with van der Waals surface area (Å²) in [5.41, 5.74) is 3.43. The van der Waals surface area contributed by atoms with Crippen molar-refractivity contribution < 1.29 is 9.59 Å². The number of aromatic nitrogens is 5. The Balaban J connectivity index is 1.40. The molecule has 0 fully saturated rings. The number of carbonyl (C=O) groups is 2. The molecule has 0 radical (unpaired) electrons. The molecular weight excluding hydrogens is 484 g/mol. The lowest BCUT2D eigenvalue weighted by Crippen LogP contribution is -2.28. The van der Waals surface area contributed by atoms with Gasteiger partial charge in [0.25, 0.3) is 5.91 Å². The number of urea groups is 1. The van der Waals surface area contributed by atoms with E-state index in [1.54, 1.807) is 30.9 Å². The number of halogens is 1. The second-order valence-electron chi connectivity index (χ2n) is 7.41. The molecule has 0 aliphatic carbocycles. The molecule has 0 atom stereocenters. The van der Waals surface area contributed by atoms with E-state index in [1.807, 2.05) is 19.9 Å². The van der Waals surface area contributed by atoms with E-state index in [2.05, 4.69) is 30.1 Å². The van der Waals surface area contributed by atoms with Crippen LogP contribution in [0.3, 0.4) is 0 Å². The van der Waals surface area contributed by atoms with Crippen molar-refractivity contribution in [2.45, 2.75) is 26.9 Å². The highest BCUT2D eigenvalue weighted by molar-refractivity contribution is 7.16. The van der Waals surface area contributed by atoms with Crippen LogP contribution in [0.15, 0.2) is 18.2 Å². The standard InChI is InChI=1S/C20H21ClN8O2S2/c1-10-7-13(17-16(23-10)11(2)26-29(17)4)18(30)28(3)9-15-24-20(33-27-15)25-19(31)22-8-12-5-6-14(21)32-12/h5-7H,8-9H2,1-4H3,(H2,22,24,25,27,31). The lowest BCUT2D eigenvalue weighted by atomic mass is 10.1. The summed E-state index contributed by atoms with van der Waals surface area (Å²) in [5.74, 6) is 0.240. The number of nitrogens with zero attached hydrogens (tertiary/aromatic N) is 6. The maximum atomic E-state index is 13.2. The van der Waals surface area contributed by atoms with Gasteiger partial charge in [0.1, 0.15) is 5.52 Å². The van der Waals surface area contributed by atoms with Crippen LogP contribution in [0.4, 0.5) is 9.93 Å². The van der Waals surface area contributed by atoms with Gasteiger partial charge in [-0.15, -0.1) is 11.3 Å². The third-order valence-corrected chi connectivity index (χ3v) is 6.68. The van der Waals surface area contributed by atoms with Crippen LogP contribution in [-0.2, 0) is 20.1 Å². The van der Waals surface area contributed by atoms with Crippen LogP contribution < -0.4 is 10.6 Å². The summed E-state index contributed by atoms with van der Waals surface area (Å²) in [6.07, 6.45) is 0. The van der Waals surface area contributed by atoms with Crippen LogP contribution in [0.2, 0.25) is 4.34 Å². The fourth-order valence-corrected chi connectivity index (χ4v) is 4.95. The number of rotatable bonds is 6. The van der Waals surface area contributed by atoms with Crippen molar-refractivity contribution >= 4 is 62.6 Å². The van der Waals surface area contributed by atoms with Crippen molar-refractivity contribution in [3.8, 4) is 0 Å². The zero-order valence-corrected chi connectivity index (χ0v) is 20.7. The van der Waals surface area contributed by atoms with Crippen molar-refractivity contribution in [1.29, 1.82) is 0 Å². The van der Waals surface area contributed by atoms with Gasteiger partial charge in [0, 0.05) is 36.2 Å². The van der Waals surface area contributed by atoms with Gasteiger partial charge < -0.3 is 10.2 Å². The summed E-state index contributed by atoms with van der Waals surface area (Å²) in [5, 5.41) is 10.1. The highest BCUT2D eigenvalue weighted by Crippen LogP contribution is 2.23. The molecule has 0 unspecified atom stereocenters. The monoisotopic (exact) mass is 504 g/mol. The van der Waals surface area contributed by atoms with E-state index in [9.17, 15) is 9.59 Å². The number of pyridine rings is 1. The molecule has 0 saturated heterocycles. The number of fused-ring (bicyclic) bond motifs is 1. The number of carbonyl (C=O) groups excluding carboxylic acids is 2. The molecule has 0 aromatic carbocycles. The van der Waals surface area contributed by atoms with E-state index in [0.717, 1.165) is 27.8 Å². The maximum absolute atomic E-state index is 13.2. The van der Waals surface area contributed by atoms with Gasteiger partial charge in [0.05, 0.1) is 34.2 Å². The Kier molecular flexibility index (Phi) is 6.58. The van der Waals surface area contributed by atoms with Crippen LogP contribution in [0.1, 0.15) is 32.4 Å². The number of nitrogens with one attached hydrogen (secondary N) is 2. The molecule has 4 heterocycles. The van der Waals surface area contributed by atoms with Crippen molar-refractivity contribution in [2.75, 3.05) is 12.4 Å². The zero-order chi connectivity index (χ0) is 23.7. The summed E-state index contributed by atoms with van der Waals surface area (Å²) in [6, 6.07) is 5.00. The van der Waals surface area contributed by atoms with E-state index in [4.69, 9.17) is 11.6 Å². The molecule has 0 spiro atoms. The van der Waals surface area contributed by atoms with E-state index in [1.165, 1.54) is 16.2 Å². The molecule has 172 valence electrons. The number of aryl methyl sites for hydroxylation is 3. The van der Waals surface area contributed by atoms with E-state index < -0.39 is 6.03 Å². The first kappa shape index (κ1) is 23.1. The fourth-order valence-electron chi connectivity index (χ4n) is 3.35. The zero-order valence-electron chi connectivity index (χ0n) is 18.3. The Morgan fingerprint density at radius 3 is 2.76 bits per heavy atom. The van der Waals surface area contributed by atoms with Crippen molar-refractivity contribution in [3.05, 3.63) is 50.2 Å². The Labute approximate surface area is 202 Å². The third-order valence-electron chi connectivity index (χ3n) is 4.78. The number of thiophene rings is 1. The number of hydrogen-bond donors (Lipinski definition) is 2. The van der Waals surface area contributed by atoms with Gasteiger partial charge in [-0.05, 0) is 32.0 Å². The SMILES string of the molecule is Cc1cc(C(=O)N(C)Cc2nsc(NC(=O)NCc3ccc(Cl)s3)n2)c2c(n1)c(C)nn2C. The van der Waals surface area contributed by atoms with Gasteiger partial charge in [-0.2, -0.15) is 9.47 Å². The molecule has 13 heteroatoms. The van der Waals surface area contributed by atoms with E-state index in [0.29, 0.717) is 38.4 Å². The predicted molar refractivity (Wildman–Crippen MR) is 129 cm³/mol. The molecular formula is C20H21ClN8O2S2. The molecule has 2 N–H and O–H groups in total. The lowest BCUT2D eigenvalue weighted by molar-refractivity contribution is 0.0783. The number of hydrogen-bond acceptors (Lipinski definition) is 8. The van der Waals surface area contributed by atoms with Gasteiger partial charge in [0.15, 0.2) is 5.82 Å². The first-order valence-corrected chi connectivity index (χ1v) is 11.9. The summed E-state index contributed by atoms with van der Waals surface area (Å²) in [6.45, 7) is 4.26. The molecule has 0 saturated carbocycles. The topological polar surface area (TPSA) is 118 Å². The molecule has 3 amide bonds. The van der Waals surface area contributed by atoms with E-state index >= 15 is 0 Å². The Morgan fingerprint density at radius 2 is 2.03 bits per heavy atom. The molecule has 10 nitrogen and oxygen atoms in total. The molecule has 33 heavy (non-hydrogen) atoms.